The first-order valence-corrected chi connectivity index (χ1v) is 6.60. The Morgan fingerprint density at radius 2 is 2.06 bits per heavy atom. The van der Waals surface area contributed by atoms with Crippen molar-refractivity contribution in [1.82, 2.24) is 14.8 Å². The van der Waals surface area contributed by atoms with E-state index in [1.54, 1.807) is 0 Å². The third kappa shape index (κ3) is 2.89. The van der Waals surface area contributed by atoms with E-state index in [2.05, 4.69) is 10.2 Å². The van der Waals surface area contributed by atoms with Crippen LogP contribution in [0.15, 0.2) is 30.3 Å². The number of aryl methyl sites for hydroxylation is 1. The first-order valence-electron chi connectivity index (χ1n) is 5.44. The van der Waals surface area contributed by atoms with E-state index < -0.39 is 5.97 Å². The molecule has 0 saturated heterocycles. The van der Waals surface area contributed by atoms with Gasteiger partial charge >= 0.3 is 5.97 Å². The topological polar surface area (TPSA) is 68.0 Å². The van der Waals surface area contributed by atoms with Gasteiger partial charge in [-0.2, -0.15) is 0 Å². The van der Waals surface area contributed by atoms with Crippen molar-refractivity contribution < 1.29 is 9.90 Å². The van der Waals surface area contributed by atoms with Gasteiger partial charge in [0.1, 0.15) is 11.6 Å². The van der Waals surface area contributed by atoms with Gasteiger partial charge in [-0.1, -0.05) is 18.2 Å². The van der Waals surface area contributed by atoms with Crippen LogP contribution in [0.4, 0.5) is 0 Å². The third-order valence-electron chi connectivity index (χ3n) is 2.36. The average Bonchev–Trinajstić information content (AvgIpc) is 2.71. The van der Waals surface area contributed by atoms with Crippen molar-refractivity contribution in [2.24, 2.45) is 0 Å². The van der Waals surface area contributed by atoms with Crippen LogP contribution in [0.5, 0.6) is 0 Å². The highest BCUT2D eigenvalue weighted by Gasteiger charge is 2.10. The predicted molar refractivity (Wildman–Crippen MR) is 69.9 cm³/mol. The molecular formula is C12H13N3O2S. The van der Waals surface area contributed by atoms with Gasteiger partial charge < -0.3 is 5.11 Å². The van der Waals surface area contributed by atoms with Gasteiger partial charge in [0.25, 0.3) is 0 Å². The van der Waals surface area contributed by atoms with Crippen molar-refractivity contribution in [3.8, 4) is 5.69 Å². The van der Waals surface area contributed by atoms with Crippen molar-refractivity contribution in [2.45, 2.75) is 12.7 Å². The van der Waals surface area contributed by atoms with Gasteiger partial charge in [0.05, 0.1) is 11.5 Å². The molecule has 0 atom stereocenters. The fourth-order valence-electron chi connectivity index (χ4n) is 1.64. The molecule has 0 aliphatic heterocycles. The molecule has 0 amide bonds. The smallest absolute Gasteiger partial charge is 0.313 e. The summed E-state index contributed by atoms with van der Waals surface area (Å²) >= 11 is 1.31. The Kier molecular flexibility index (Phi) is 3.99. The number of hydrogen-bond acceptors (Lipinski definition) is 4. The molecule has 0 aliphatic carbocycles. The second kappa shape index (κ2) is 5.68. The first-order chi connectivity index (χ1) is 8.68. The van der Waals surface area contributed by atoms with E-state index in [1.165, 1.54) is 11.8 Å². The van der Waals surface area contributed by atoms with Gasteiger partial charge in [-0.05, 0) is 19.1 Å². The first kappa shape index (κ1) is 12.6. The van der Waals surface area contributed by atoms with Crippen LogP contribution in [0, 0.1) is 6.92 Å². The summed E-state index contributed by atoms with van der Waals surface area (Å²) in [6.45, 7) is 1.88. The summed E-state index contributed by atoms with van der Waals surface area (Å²) in [4.78, 5) is 10.5. The molecule has 0 aliphatic rings. The van der Waals surface area contributed by atoms with Crippen molar-refractivity contribution in [2.75, 3.05) is 5.75 Å². The quantitative estimate of drug-likeness (QED) is 0.892. The van der Waals surface area contributed by atoms with Crippen molar-refractivity contribution in [3.63, 3.8) is 0 Å². The lowest BCUT2D eigenvalue weighted by atomic mass is 10.3. The van der Waals surface area contributed by atoms with Gasteiger partial charge in [0.15, 0.2) is 0 Å². The van der Waals surface area contributed by atoms with E-state index in [0.717, 1.165) is 17.3 Å². The van der Waals surface area contributed by atoms with Gasteiger partial charge in [0, 0.05) is 5.69 Å². The Morgan fingerprint density at radius 3 is 2.72 bits per heavy atom. The molecule has 0 saturated carbocycles. The van der Waals surface area contributed by atoms with Gasteiger partial charge in [-0.15, -0.1) is 22.0 Å². The molecule has 5 nitrogen and oxygen atoms in total. The standard InChI is InChI=1S/C12H13N3O2S/c1-9-13-14-11(7-18-8-12(16)17)15(9)10-5-3-2-4-6-10/h2-6H,7-8H2,1H3,(H,16,17). The Hall–Kier alpha value is -1.82. The van der Waals surface area contributed by atoms with Crippen LogP contribution in [0.25, 0.3) is 5.69 Å². The zero-order valence-corrected chi connectivity index (χ0v) is 10.7. The maximum absolute atomic E-state index is 10.5. The molecule has 2 rings (SSSR count). The van der Waals surface area contributed by atoms with Crippen LogP contribution >= 0.6 is 11.8 Å². The second-order valence-corrected chi connectivity index (χ2v) is 4.71. The summed E-state index contributed by atoms with van der Waals surface area (Å²) in [5.41, 5.74) is 0.992. The Bertz CT molecular complexity index is 540. The highest BCUT2D eigenvalue weighted by atomic mass is 32.2. The predicted octanol–water partition coefficient (Wildman–Crippen LogP) is 1.89. The maximum Gasteiger partial charge on any atom is 0.313 e. The number of hydrogen-bond donors (Lipinski definition) is 1. The van der Waals surface area contributed by atoms with Crippen molar-refractivity contribution in [1.29, 1.82) is 0 Å². The summed E-state index contributed by atoms with van der Waals surface area (Å²) in [7, 11) is 0. The largest absolute Gasteiger partial charge is 0.481 e. The van der Waals surface area contributed by atoms with E-state index in [-0.39, 0.29) is 5.75 Å². The number of carboxylic acids is 1. The molecular weight excluding hydrogens is 250 g/mol. The minimum Gasteiger partial charge on any atom is -0.481 e. The molecule has 0 spiro atoms. The van der Waals surface area contributed by atoms with Crippen molar-refractivity contribution in [3.05, 3.63) is 42.0 Å². The van der Waals surface area contributed by atoms with E-state index in [9.17, 15) is 4.79 Å². The Balaban J connectivity index is 2.20. The molecule has 0 unspecified atom stereocenters. The lowest BCUT2D eigenvalue weighted by molar-refractivity contribution is -0.133. The summed E-state index contributed by atoms with van der Waals surface area (Å²) in [5, 5.41) is 16.8. The summed E-state index contributed by atoms with van der Waals surface area (Å²) in [5.74, 6) is 1.35. The summed E-state index contributed by atoms with van der Waals surface area (Å²) in [6, 6.07) is 9.79. The van der Waals surface area contributed by atoms with Crippen LogP contribution in [0.2, 0.25) is 0 Å². The van der Waals surface area contributed by atoms with Crippen LogP contribution in [-0.4, -0.2) is 31.6 Å². The van der Waals surface area contributed by atoms with Crippen molar-refractivity contribution >= 4 is 17.7 Å². The number of para-hydroxylation sites is 1. The van der Waals surface area contributed by atoms with E-state index >= 15 is 0 Å². The number of carboxylic acid groups (broad SMARTS) is 1. The highest BCUT2D eigenvalue weighted by Crippen LogP contribution is 2.16. The fraction of sp³-hybridized carbons (Fsp3) is 0.250. The molecule has 94 valence electrons. The number of aromatic nitrogens is 3. The number of carbonyl (C=O) groups is 1. The normalized spacial score (nSPS) is 10.5. The van der Waals surface area contributed by atoms with Crippen LogP contribution in [-0.2, 0) is 10.5 Å². The zero-order chi connectivity index (χ0) is 13.0. The second-order valence-electron chi connectivity index (χ2n) is 3.72. The lowest BCUT2D eigenvalue weighted by Crippen LogP contribution is -2.04. The highest BCUT2D eigenvalue weighted by molar-refractivity contribution is 7.99. The molecule has 0 fully saturated rings. The van der Waals surface area contributed by atoms with E-state index in [4.69, 9.17) is 5.11 Å². The van der Waals surface area contributed by atoms with Crippen LogP contribution in [0.1, 0.15) is 11.6 Å². The lowest BCUT2D eigenvalue weighted by Gasteiger charge is -2.07. The zero-order valence-electron chi connectivity index (χ0n) is 9.91. The van der Waals surface area contributed by atoms with Gasteiger partial charge in [-0.25, -0.2) is 0 Å². The molecule has 1 aromatic carbocycles. The molecule has 0 radical (unpaired) electrons. The minimum absolute atomic E-state index is 0.0701. The molecule has 6 heteroatoms. The van der Waals surface area contributed by atoms with Gasteiger partial charge in [-0.3, -0.25) is 9.36 Å². The molecule has 1 N–H and O–H groups in total. The minimum atomic E-state index is -0.817. The number of nitrogens with zero attached hydrogens (tertiary/aromatic N) is 3. The molecule has 18 heavy (non-hydrogen) atoms. The number of aliphatic carboxylic acids is 1. The van der Waals surface area contributed by atoms with Crippen LogP contribution < -0.4 is 0 Å². The number of benzene rings is 1. The SMILES string of the molecule is Cc1nnc(CSCC(=O)O)n1-c1ccccc1. The maximum atomic E-state index is 10.5. The molecule has 1 heterocycles. The molecule has 2 aromatic rings. The third-order valence-corrected chi connectivity index (χ3v) is 3.28. The fourth-order valence-corrected chi connectivity index (χ4v) is 2.29. The molecule has 1 aromatic heterocycles. The average molecular weight is 263 g/mol. The number of rotatable bonds is 5. The summed E-state index contributed by atoms with van der Waals surface area (Å²) < 4.78 is 1.94. The van der Waals surface area contributed by atoms with Gasteiger partial charge in [0.2, 0.25) is 0 Å². The molecule has 0 bridgehead atoms. The monoisotopic (exact) mass is 263 g/mol. The summed E-state index contributed by atoms with van der Waals surface area (Å²) in [6.07, 6.45) is 0. The Morgan fingerprint density at radius 1 is 1.33 bits per heavy atom. The van der Waals surface area contributed by atoms with E-state index in [0.29, 0.717) is 5.75 Å². The Labute approximate surface area is 109 Å². The van der Waals surface area contributed by atoms with E-state index in [1.807, 2.05) is 41.8 Å². The number of thioether (sulfide) groups is 1. The van der Waals surface area contributed by atoms with Crippen LogP contribution in [0.3, 0.4) is 0 Å².